The molecule has 1 aromatic heterocycles. The summed E-state index contributed by atoms with van der Waals surface area (Å²) in [6.45, 7) is 3.64. The van der Waals surface area contributed by atoms with Gasteiger partial charge in [0, 0.05) is 12.4 Å². The highest BCUT2D eigenvalue weighted by molar-refractivity contribution is 5.34. The number of imidazole rings is 1. The number of halogens is 1. The molecular weight excluding hydrogens is 245 g/mol. The molecule has 0 atom stereocenters. The van der Waals surface area contributed by atoms with Crippen molar-refractivity contribution in [1.29, 1.82) is 0 Å². The van der Waals surface area contributed by atoms with Gasteiger partial charge in [0.05, 0.1) is 6.54 Å². The second-order valence-electron chi connectivity index (χ2n) is 4.31. The van der Waals surface area contributed by atoms with Crippen LogP contribution in [0.3, 0.4) is 0 Å². The second kappa shape index (κ2) is 6.33. The molecule has 0 spiro atoms. The summed E-state index contributed by atoms with van der Waals surface area (Å²) in [6.07, 6.45) is 4.27. The lowest BCUT2D eigenvalue weighted by Crippen LogP contribution is -2.11. The van der Waals surface area contributed by atoms with Crippen LogP contribution in [0.5, 0.6) is 5.75 Å². The van der Waals surface area contributed by atoms with Crippen molar-refractivity contribution >= 4 is 0 Å². The van der Waals surface area contributed by atoms with E-state index in [1.807, 2.05) is 17.7 Å². The zero-order valence-electron chi connectivity index (χ0n) is 11.0. The minimum absolute atomic E-state index is 0.263. The lowest BCUT2D eigenvalue weighted by Gasteiger charge is -2.12. The molecule has 0 saturated heterocycles. The predicted octanol–water partition coefficient (Wildman–Crippen LogP) is 1.91. The van der Waals surface area contributed by atoms with Gasteiger partial charge in [0.25, 0.3) is 0 Å². The highest BCUT2D eigenvalue weighted by Crippen LogP contribution is 2.20. The maximum Gasteiger partial charge on any atom is 0.123 e. The number of nitrogens with zero attached hydrogens (tertiary/aromatic N) is 2. The van der Waals surface area contributed by atoms with Gasteiger partial charge in [0.2, 0.25) is 0 Å². The predicted molar refractivity (Wildman–Crippen MR) is 71.6 cm³/mol. The van der Waals surface area contributed by atoms with E-state index in [-0.39, 0.29) is 5.82 Å². The first-order chi connectivity index (χ1) is 9.20. The van der Waals surface area contributed by atoms with Crippen LogP contribution in [-0.2, 0) is 13.0 Å². The molecule has 4 nitrogen and oxygen atoms in total. The Morgan fingerprint density at radius 2 is 2.26 bits per heavy atom. The maximum atomic E-state index is 13.2. The lowest BCUT2D eigenvalue weighted by atomic mass is 10.1. The number of nitrogens with two attached hydrogens (primary N) is 1. The fourth-order valence-corrected chi connectivity index (χ4v) is 1.93. The number of benzene rings is 1. The smallest absolute Gasteiger partial charge is 0.123 e. The van der Waals surface area contributed by atoms with Crippen molar-refractivity contribution in [3.63, 3.8) is 0 Å². The Hall–Kier alpha value is -1.88. The number of hydrogen-bond acceptors (Lipinski definition) is 3. The molecule has 2 rings (SSSR count). The van der Waals surface area contributed by atoms with Crippen molar-refractivity contribution in [2.75, 3.05) is 13.2 Å². The minimum Gasteiger partial charge on any atom is -0.491 e. The standard InChI is InChI=1S/C14H18FN3O/c1-11-17-6-7-18(11)8-9-19-14-3-2-13(15)10-12(14)4-5-16/h2-3,6-7,10H,4-5,8-9,16H2,1H3. The van der Waals surface area contributed by atoms with Crippen LogP contribution in [0.25, 0.3) is 0 Å². The van der Waals surface area contributed by atoms with Crippen molar-refractivity contribution in [3.8, 4) is 5.75 Å². The van der Waals surface area contributed by atoms with E-state index in [1.165, 1.54) is 12.1 Å². The largest absolute Gasteiger partial charge is 0.491 e. The number of aryl methyl sites for hydroxylation is 1. The summed E-state index contributed by atoms with van der Waals surface area (Å²) in [4.78, 5) is 4.14. The lowest BCUT2D eigenvalue weighted by molar-refractivity contribution is 0.293. The van der Waals surface area contributed by atoms with Crippen molar-refractivity contribution in [3.05, 3.63) is 47.8 Å². The van der Waals surface area contributed by atoms with Gasteiger partial charge < -0.3 is 15.0 Å². The fourth-order valence-electron chi connectivity index (χ4n) is 1.93. The fraction of sp³-hybridized carbons (Fsp3) is 0.357. The first-order valence-electron chi connectivity index (χ1n) is 6.29. The zero-order valence-corrected chi connectivity index (χ0v) is 11.0. The number of aromatic nitrogens is 2. The van der Waals surface area contributed by atoms with Crippen LogP contribution in [-0.4, -0.2) is 22.7 Å². The average Bonchev–Trinajstić information content (AvgIpc) is 2.78. The third-order valence-corrected chi connectivity index (χ3v) is 2.95. The van der Waals surface area contributed by atoms with Gasteiger partial charge in [-0.3, -0.25) is 0 Å². The number of rotatable bonds is 6. The van der Waals surface area contributed by atoms with E-state index >= 15 is 0 Å². The third-order valence-electron chi connectivity index (χ3n) is 2.95. The summed E-state index contributed by atoms with van der Waals surface area (Å²) < 4.78 is 20.9. The molecule has 0 unspecified atom stereocenters. The molecule has 2 N–H and O–H groups in total. The van der Waals surface area contributed by atoms with Gasteiger partial charge in [-0.05, 0) is 43.7 Å². The Balaban J connectivity index is 1.97. The summed E-state index contributed by atoms with van der Waals surface area (Å²) >= 11 is 0. The van der Waals surface area contributed by atoms with Crippen molar-refractivity contribution in [2.24, 2.45) is 5.73 Å². The van der Waals surface area contributed by atoms with Gasteiger partial charge in [-0.1, -0.05) is 0 Å². The Morgan fingerprint density at radius 1 is 1.42 bits per heavy atom. The van der Waals surface area contributed by atoms with E-state index in [0.717, 1.165) is 11.4 Å². The van der Waals surface area contributed by atoms with E-state index in [9.17, 15) is 4.39 Å². The van der Waals surface area contributed by atoms with E-state index in [4.69, 9.17) is 10.5 Å². The van der Waals surface area contributed by atoms with Gasteiger partial charge in [0.15, 0.2) is 0 Å². The van der Waals surface area contributed by atoms with Crippen LogP contribution in [0.15, 0.2) is 30.6 Å². The molecule has 19 heavy (non-hydrogen) atoms. The molecule has 5 heteroatoms. The Morgan fingerprint density at radius 3 is 2.95 bits per heavy atom. The molecule has 0 aliphatic rings. The van der Waals surface area contributed by atoms with Gasteiger partial charge >= 0.3 is 0 Å². The molecular formula is C14H18FN3O. The molecule has 102 valence electrons. The molecule has 2 aromatic rings. The molecule has 0 saturated carbocycles. The molecule has 0 amide bonds. The molecule has 0 aliphatic carbocycles. The summed E-state index contributed by atoms with van der Waals surface area (Å²) in [5.41, 5.74) is 6.32. The highest BCUT2D eigenvalue weighted by Gasteiger charge is 2.05. The maximum absolute atomic E-state index is 13.2. The number of hydrogen-bond donors (Lipinski definition) is 1. The van der Waals surface area contributed by atoms with Gasteiger partial charge in [-0.25, -0.2) is 9.37 Å². The van der Waals surface area contributed by atoms with Crippen LogP contribution in [0.2, 0.25) is 0 Å². The third kappa shape index (κ3) is 3.54. The van der Waals surface area contributed by atoms with Crippen LogP contribution in [0.4, 0.5) is 4.39 Å². The Bertz CT molecular complexity index is 539. The quantitative estimate of drug-likeness (QED) is 0.866. The topological polar surface area (TPSA) is 53.1 Å². The van der Waals surface area contributed by atoms with Gasteiger partial charge in [-0.15, -0.1) is 0 Å². The number of ether oxygens (including phenoxy) is 1. The summed E-state index contributed by atoms with van der Waals surface area (Å²) in [6, 6.07) is 4.53. The first kappa shape index (κ1) is 13.5. The molecule has 0 aliphatic heterocycles. The van der Waals surface area contributed by atoms with Crippen LogP contribution >= 0.6 is 0 Å². The molecule has 0 fully saturated rings. The van der Waals surface area contributed by atoms with Gasteiger partial charge in [-0.2, -0.15) is 0 Å². The molecule has 0 bridgehead atoms. The van der Waals surface area contributed by atoms with E-state index < -0.39 is 0 Å². The van der Waals surface area contributed by atoms with E-state index in [0.29, 0.717) is 31.9 Å². The summed E-state index contributed by atoms with van der Waals surface area (Å²) in [7, 11) is 0. The second-order valence-corrected chi connectivity index (χ2v) is 4.31. The SMILES string of the molecule is Cc1nccn1CCOc1ccc(F)cc1CCN. The molecule has 0 radical (unpaired) electrons. The van der Waals surface area contributed by atoms with Crippen molar-refractivity contribution in [2.45, 2.75) is 19.9 Å². The van der Waals surface area contributed by atoms with Crippen LogP contribution in [0.1, 0.15) is 11.4 Å². The average molecular weight is 263 g/mol. The Kier molecular flexibility index (Phi) is 4.52. The van der Waals surface area contributed by atoms with E-state index in [2.05, 4.69) is 4.98 Å². The van der Waals surface area contributed by atoms with E-state index in [1.54, 1.807) is 12.3 Å². The van der Waals surface area contributed by atoms with Crippen molar-refractivity contribution < 1.29 is 9.13 Å². The van der Waals surface area contributed by atoms with Crippen LogP contribution < -0.4 is 10.5 Å². The normalized spacial score (nSPS) is 10.7. The minimum atomic E-state index is -0.263. The first-order valence-corrected chi connectivity index (χ1v) is 6.29. The summed E-state index contributed by atoms with van der Waals surface area (Å²) in [5, 5.41) is 0. The van der Waals surface area contributed by atoms with Crippen LogP contribution in [0, 0.1) is 12.7 Å². The summed E-state index contributed by atoms with van der Waals surface area (Å²) in [5.74, 6) is 1.38. The highest BCUT2D eigenvalue weighted by atomic mass is 19.1. The zero-order chi connectivity index (χ0) is 13.7. The van der Waals surface area contributed by atoms with Gasteiger partial charge in [0.1, 0.15) is 24.0 Å². The molecule has 1 heterocycles. The molecule has 1 aromatic carbocycles. The van der Waals surface area contributed by atoms with Crippen molar-refractivity contribution in [1.82, 2.24) is 9.55 Å². The Labute approximate surface area is 112 Å². The monoisotopic (exact) mass is 263 g/mol.